The van der Waals surface area contributed by atoms with Crippen LogP contribution in [-0.2, 0) is 42.8 Å². The molecule has 262 valence electrons. The molecule has 0 unspecified atom stereocenters. The van der Waals surface area contributed by atoms with Gasteiger partial charge in [-0.15, -0.1) is 0 Å². The highest BCUT2D eigenvalue weighted by molar-refractivity contribution is 5.72. The Labute approximate surface area is 265 Å². The van der Waals surface area contributed by atoms with Crippen LogP contribution in [-0.4, -0.2) is 118 Å². The number of unbranched alkanes of at least 4 members (excludes halogenated alkanes) is 6. The maximum absolute atomic E-state index is 12.8. The number of ether oxygens (including phenoxy) is 6. The fourth-order valence-corrected chi connectivity index (χ4v) is 5.25. The molecule has 14 nitrogen and oxygen atoms in total. The van der Waals surface area contributed by atoms with Gasteiger partial charge < -0.3 is 54.0 Å². The van der Waals surface area contributed by atoms with Gasteiger partial charge in [0.05, 0.1) is 19.1 Å². The van der Waals surface area contributed by atoms with Crippen molar-refractivity contribution in [1.82, 2.24) is 0 Å². The zero-order chi connectivity index (χ0) is 33.7. The van der Waals surface area contributed by atoms with Gasteiger partial charge in [-0.2, -0.15) is 0 Å². The predicted octanol–water partition coefficient (Wildman–Crippen LogP) is 1.10. The van der Waals surface area contributed by atoms with Gasteiger partial charge in [0, 0.05) is 12.8 Å². The first kappa shape index (κ1) is 39.3. The van der Waals surface area contributed by atoms with E-state index in [2.05, 4.69) is 6.92 Å². The molecular formula is C31H54O14. The zero-order valence-corrected chi connectivity index (χ0v) is 27.2. The van der Waals surface area contributed by atoms with Crippen molar-refractivity contribution in [3.05, 3.63) is 0 Å². The van der Waals surface area contributed by atoms with Crippen molar-refractivity contribution >= 4 is 17.9 Å². The Morgan fingerprint density at radius 1 is 0.778 bits per heavy atom. The van der Waals surface area contributed by atoms with E-state index in [0.717, 1.165) is 38.5 Å². The average Bonchev–Trinajstić information content (AvgIpc) is 3.25. The molecule has 2 aliphatic heterocycles. The highest BCUT2D eigenvalue weighted by Crippen LogP contribution is 2.39. The van der Waals surface area contributed by atoms with Gasteiger partial charge in [0.1, 0.15) is 31.0 Å². The molecule has 0 aromatic carbocycles. The molecule has 45 heavy (non-hydrogen) atoms. The molecule has 0 aliphatic carbocycles. The van der Waals surface area contributed by atoms with Gasteiger partial charge in [-0.1, -0.05) is 73.1 Å². The van der Waals surface area contributed by atoms with Crippen LogP contribution in [0.3, 0.4) is 0 Å². The Hall–Kier alpha value is -1.91. The molecule has 14 heteroatoms. The highest BCUT2D eigenvalue weighted by Gasteiger charge is 2.61. The number of hydrogen-bond donors (Lipinski definition) is 5. The van der Waals surface area contributed by atoms with Crippen LogP contribution in [0.1, 0.15) is 92.4 Å². The van der Waals surface area contributed by atoms with Crippen LogP contribution in [0.15, 0.2) is 0 Å². The van der Waals surface area contributed by atoms with Gasteiger partial charge in [0.15, 0.2) is 24.6 Å². The SMILES string of the molecule is CCCCCCCCCC(=O)O[C@@H]1[C@@H](O)[C@H](CO)O[C@]1(CO)O[C@@H]1O[C@@H](CO)[C@H](OC(=O)CC(C)C)[C@@H](OC(=O)C(C)C)[C@@H]1O. The van der Waals surface area contributed by atoms with Crippen molar-refractivity contribution in [3.8, 4) is 0 Å². The Bertz CT molecular complexity index is 913. The lowest BCUT2D eigenvalue weighted by Crippen LogP contribution is -2.64. The highest BCUT2D eigenvalue weighted by atomic mass is 16.8. The molecule has 5 N–H and O–H groups in total. The van der Waals surface area contributed by atoms with Crippen molar-refractivity contribution in [2.24, 2.45) is 11.8 Å². The largest absolute Gasteiger partial charge is 0.455 e. The molecular weight excluding hydrogens is 596 g/mol. The zero-order valence-electron chi connectivity index (χ0n) is 27.2. The Morgan fingerprint density at radius 2 is 1.40 bits per heavy atom. The number of aliphatic hydroxyl groups excluding tert-OH is 5. The molecule has 0 amide bonds. The quantitative estimate of drug-likeness (QED) is 0.0754. The third kappa shape index (κ3) is 11.1. The minimum Gasteiger partial charge on any atom is -0.455 e. The molecule has 0 aromatic rings. The summed E-state index contributed by atoms with van der Waals surface area (Å²) in [5.41, 5.74) is 0. The van der Waals surface area contributed by atoms with Crippen LogP contribution >= 0.6 is 0 Å². The van der Waals surface area contributed by atoms with Crippen molar-refractivity contribution in [1.29, 1.82) is 0 Å². The minimum absolute atomic E-state index is 0.00330. The van der Waals surface area contributed by atoms with E-state index >= 15 is 0 Å². The van der Waals surface area contributed by atoms with E-state index in [1.165, 1.54) is 0 Å². The number of rotatable bonds is 19. The lowest BCUT2D eigenvalue weighted by atomic mass is 9.97. The van der Waals surface area contributed by atoms with Crippen molar-refractivity contribution in [3.63, 3.8) is 0 Å². The van der Waals surface area contributed by atoms with Crippen LogP contribution in [0, 0.1) is 11.8 Å². The summed E-state index contributed by atoms with van der Waals surface area (Å²) in [6.45, 7) is 6.32. The maximum Gasteiger partial charge on any atom is 0.308 e. The van der Waals surface area contributed by atoms with Crippen molar-refractivity contribution in [2.75, 3.05) is 19.8 Å². The fraction of sp³-hybridized carbons (Fsp3) is 0.903. The minimum atomic E-state index is -2.33. The van der Waals surface area contributed by atoms with Gasteiger partial charge in [0.2, 0.25) is 5.79 Å². The van der Waals surface area contributed by atoms with Gasteiger partial charge in [-0.25, -0.2) is 0 Å². The molecule has 2 rings (SSSR count). The summed E-state index contributed by atoms with van der Waals surface area (Å²) in [4.78, 5) is 37.9. The standard InChI is InChI=1S/C31H54O14/c1-6-7-8-9-10-11-12-13-22(35)42-28-24(37)20(15-32)44-31(28,17-34)45-30-25(38)27(43-29(39)19(4)5)26(21(16-33)40-30)41-23(36)14-18(2)3/h18-21,24-28,30,32-34,37-38H,6-17H2,1-5H3/t20-,21-,24-,25-,26-,27-,28+,30-,31+/m0/s1. The van der Waals surface area contributed by atoms with E-state index in [9.17, 15) is 39.9 Å². The van der Waals surface area contributed by atoms with E-state index in [4.69, 9.17) is 28.4 Å². The third-order valence-corrected chi connectivity index (χ3v) is 7.79. The molecule has 2 heterocycles. The molecule has 0 aromatic heterocycles. The summed E-state index contributed by atoms with van der Waals surface area (Å²) in [6.07, 6.45) is -5.92. The monoisotopic (exact) mass is 650 g/mol. The number of carbonyl (C=O) groups is 3. The molecule has 2 aliphatic rings. The Morgan fingerprint density at radius 3 is 1.96 bits per heavy atom. The summed E-state index contributed by atoms with van der Waals surface area (Å²) >= 11 is 0. The smallest absolute Gasteiger partial charge is 0.308 e. The summed E-state index contributed by atoms with van der Waals surface area (Å²) in [7, 11) is 0. The van der Waals surface area contributed by atoms with Gasteiger partial charge in [0.25, 0.3) is 0 Å². The van der Waals surface area contributed by atoms with E-state index in [0.29, 0.717) is 6.42 Å². The van der Waals surface area contributed by atoms with Gasteiger partial charge in [-0.05, 0) is 12.3 Å². The van der Waals surface area contributed by atoms with E-state index in [-0.39, 0.29) is 18.8 Å². The number of aliphatic hydroxyl groups is 5. The summed E-state index contributed by atoms with van der Waals surface area (Å²) in [5.74, 6) is -5.17. The molecule has 0 radical (unpaired) electrons. The number of hydrogen-bond acceptors (Lipinski definition) is 14. The Kier molecular flexibility index (Phi) is 16.6. The molecule has 9 atom stereocenters. The first-order chi connectivity index (χ1) is 21.3. The van der Waals surface area contributed by atoms with Crippen LogP contribution in [0.4, 0.5) is 0 Å². The summed E-state index contributed by atoms with van der Waals surface area (Å²) in [6, 6.07) is 0. The topological polar surface area (TPSA) is 208 Å². The van der Waals surface area contributed by atoms with Crippen LogP contribution in [0.5, 0.6) is 0 Å². The predicted molar refractivity (Wildman–Crippen MR) is 157 cm³/mol. The first-order valence-electron chi connectivity index (χ1n) is 16.1. The average molecular weight is 651 g/mol. The maximum atomic E-state index is 12.8. The Balaban J connectivity index is 2.27. The molecule has 0 bridgehead atoms. The third-order valence-electron chi connectivity index (χ3n) is 7.79. The van der Waals surface area contributed by atoms with Crippen molar-refractivity contribution in [2.45, 2.75) is 147 Å². The number of carbonyl (C=O) groups excluding carboxylic acids is 3. The van der Waals surface area contributed by atoms with Crippen LogP contribution in [0.2, 0.25) is 0 Å². The molecule has 0 spiro atoms. The fourth-order valence-electron chi connectivity index (χ4n) is 5.25. The lowest BCUT2D eigenvalue weighted by Gasteiger charge is -2.45. The first-order valence-corrected chi connectivity index (χ1v) is 16.1. The van der Waals surface area contributed by atoms with E-state index < -0.39 is 98.5 Å². The molecule has 2 saturated heterocycles. The molecule has 2 fully saturated rings. The van der Waals surface area contributed by atoms with E-state index in [1.807, 2.05) is 0 Å². The second kappa shape index (κ2) is 19.0. The van der Waals surface area contributed by atoms with E-state index in [1.54, 1.807) is 27.7 Å². The second-order valence-corrected chi connectivity index (χ2v) is 12.5. The van der Waals surface area contributed by atoms with Crippen molar-refractivity contribution < 1.29 is 68.3 Å². The van der Waals surface area contributed by atoms with Gasteiger partial charge in [-0.3, -0.25) is 14.4 Å². The summed E-state index contributed by atoms with van der Waals surface area (Å²) in [5, 5.41) is 52.6. The van der Waals surface area contributed by atoms with Crippen LogP contribution < -0.4 is 0 Å². The van der Waals surface area contributed by atoms with Crippen LogP contribution in [0.25, 0.3) is 0 Å². The lowest BCUT2D eigenvalue weighted by molar-refractivity contribution is -0.384. The normalized spacial score (nSPS) is 31.7. The summed E-state index contributed by atoms with van der Waals surface area (Å²) < 4.78 is 33.8. The molecule has 0 saturated carbocycles. The number of esters is 3. The second-order valence-electron chi connectivity index (χ2n) is 12.5. The van der Waals surface area contributed by atoms with Gasteiger partial charge >= 0.3 is 17.9 Å².